The van der Waals surface area contributed by atoms with Crippen molar-refractivity contribution < 1.29 is 0 Å². The van der Waals surface area contributed by atoms with Crippen molar-refractivity contribution in [1.29, 1.82) is 0 Å². The second-order valence-electron chi connectivity index (χ2n) is 13.1. The van der Waals surface area contributed by atoms with E-state index in [1.807, 2.05) is 24.3 Å². The van der Waals surface area contributed by atoms with Crippen LogP contribution in [0, 0.1) is 0 Å². The van der Waals surface area contributed by atoms with Gasteiger partial charge in [0, 0.05) is 22.1 Å². The summed E-state index contributed by atoms with van der Waals surface area (Å²) in [5.41, 5.74) is 13.5. The van der Waals surface area contributed by atoms with Crippen LogP contribution >= 0.6 is 0 Å². The zero-order valence-electron chi connectivity index (χ0n) is 26.8. The van der Waals surface area contributed by atoms with Gasteiger partial charge in [0.25, 0.3) is 0 Å². The van der Waals surface area contributed by atoms with Crippen LogP contribution in [0.2, 0.25) is 0 Å². The van der Waals surface area contributed by atoms with Crippen molar-refractivity contribution >= 4 is 0 Å². The van der Waals surface area contributed by atoms with Crippen molar-refractivity contribution in [1.82, 2.24) is 15.0 Å². The van der Waals surface area contributed by atoms with Gasteiger partial charge in [-0.05, 0) is 57.3 Å². The first-order valence-corrected chi connectivity index (χ1v) is 17.1. The molecule has 2 aliphatic rings. The lowest BCUT2D eigenvalue weighted by Crippen LogP contribution is -2.28. The second-order valence-corrected chi connectivity index (χ2v) is 13.1. The largest absolute Gasteiger partial charge is 0.208 e. The minimum Gasteiger partial charge on any atom is -0.208 e. The summed E-state index contributed by atoms with van der Waals surface area (Å²) in [6.07, 6.45) is 6.18. The van der Waals surface area contributed by atoms with Gasteiger partial charge in [-0.2, -0.15) is 0 Å². The quantitative estimate of drug-likeness (QED) is 0.193. The van der Waals surface area contributed by atoms with Gasteiger partial charge in [-0.15, -0.1) is 0 Å². The van der Waals surface area contributed by atoms with E-state index in [-0.39, 0.29) is 5.41 Å². The summed E-state index contributed by atoms with van der Waals surface area (Å²) < 4.78 is 0. The maximum Gasteiger partial charge on any atom is 0.164 e. The molecular formula is C45H35N3. The molecule has 0 atom stereocenters. The molecular weight excluding hydrogens is 583 g/mol. The van der Waals surface area contributed by atoms with E-state index >= 15 is 0 Å². The lowest BCUT2D eigenvalue weighted by atomic mass is 9.66. The van der Waals surface area contributed by atoms with E-state index in [1.54, 1.807) is 0 Å². The second kappa shape index (κ2) is 11.8. The molecule has 48 heavy (non-hydrogen) atoms. The molecule has 7 aromatic rings. The number of nitrogens with zero attached hydrogens (tertiary/aromatic N) is 3. The van der Waals surface area contributed by atoms with E-state index in [0.29, 0.717) is 17.5 Å². The molecule has 0 unspecified atom stereocenters. The molecule has 1 heterocycles. The lowest BCUT2D eigenvalue weighted by molar-refractivity contribution is 0.353. The van der Waals surface area contributed by atoms with E-state index in [9.17, 15) is 0 Å². The van der Waals surface area contributed by atoms with E-state index < -0.39 is 0 Å². The molecule has 0 amide bonds. The highest BCUT2D eigenvalue weighted by molar-refractivity contribution is 5.92. The SMILES string of the molecule is c1ccc(-c2ccc(-c3nc(-c4ccccc4)nc(-c4ccccc4-c4cccc5c4C4(CCCCC4)c4ccccc4-5)n3)cc2)cc1. The van der Waals surface area contributed by atoms with Crippen molar-refractivity contribution in [2.24, 2.45) is 0 Å². The summed E-state index contributed by atoms with van der Waals surface area (Å²) >= 11 is 0. The number of fused-ring (bicyclic) bond motifs is 5. The zero-order chi connectivity index (χ0) is 31.9. The van der Waals surface area contributed by atoms with Crippen LogP contribution in [-0.4, -0.2) is 15.0 Å². The average Bonchev–Trinajstić information content (AvgIpc) is 3.44. The van der Waals surface area contributed by atoms with Gasteiger partial charge in [-0.25, -0.2) is 15.0 Å². The van der Waals surface area contributed by atoms with Crippen LogP contribution in [0.25, 0.3) is 67.5 Å². The first-order valence-electron chi connectivity index (χ1n) is 17.1. The summed E-state index contributed by atoms with van der Waals surface area (Å²) in [4.78, 5) is 15.4. The molecule has 0 bridgehead atoms. The fraction of sp³-hybridized carbons (Fsp3) is 0.133. The maximum atomic E-state index is 5.20. The third-order valence-corrected chi connectivity index (χ3v) is 10.4. The first kappa shape index (κ1) is 28.5. The Labute approximate surface area is 282 Å². The van der Waals surface area contributed by atoms with E-state index in [0.717, 1.165) is 22.3 Å². The Kier molecular flexibility index (Phi) is 7.04. The molecule has 3 heteroatoms. The Morgan fingerprint density at radius 3 is 1.48 bits per heavy atom. The molecule has 0 N–H and O–H groups in total. The van der Waals surface area contributed by atoms with Crippen LogP contribution in [0.4, 0.5) is 0 Å². The third kappa shape index (κ3) is 4.77. The molecule has 0 saturated heterocycles. The molecule has 1 spiro atoms. The van der Waals surface area contributed by atoms with Gasteiger partial charge in [-0.1, -0.05) is 171 Å². The van der Waals surface area contributed by atoms with Crippen molar-refractivity contribution in [3.63, 3.8) is 0 Å². The first-order chi connectivity index (χ1) is 23.8. The van der Waals surface area contributed by atoms with Crippen LogP contribution in [0.1, 0.15) is 43.2 Å². The molecule has 9 rings (SSSR count). The van der Waals surface area contributed by atoms with Gasteiger partial charge < -0.3 is 0 Å². The van der Waals surface area contributed by atoms with Gasteiger partial charge in [-0.3, -0.25) is 0 Å². The predicted molar refractivity (Wildman–Crippen MR) is 196 cm³/mol. The highest BCUT2D eigenvalue weighted by atomic mass is 15.0. The highest BCUT2D eigenvalue weighted by Gasteiger charge is 2.45. The molecule has 230 valence electrons. The molecule has 1 aromatic heterocycles. The van der Waals surface area contributed by atoms with Gasteiger partial charge >= 0.3 is 0 Å². The van der Waals surface area contributed by atoms with Crippen LogP contribution in [0.5, 0.6) is 0 Å². The fourth-order valence-electron chi connectivity index (χ4n) is 8.16. The van der Waals surface area contributed by atoms with Crippen molar-refractivity contribution in [3.05, 3.63) is 163 Å². The van der Waals surface area contributed by atoms with Crippen molar-refractivity contribution in [2.45, 2.75) is 37.5 Å². The summed E-state index contributed by atoms with van der Waals surface area (Å²) in [6.45, 7) is 0. The smallest absolute Gasteiger partial charge is 0.164 e. The average molecular weight is 618 g/mol. The Morgan fingerprint density at radius 2 is 0.792 bits per heavy atom. The number of hydrogen-bond donors (Lipinski definition) is 0. The van der Waals surface area contributed by atoms with Crippen LogP contribution < -0.4 is 0 Å². The molecule has 0 radical (unpaired) electrons. The van der Waals surface area contributed by atoms with Gasteiger partial charge in [0.2, 0.25) is 0 Å². The fourth-order valence-corrected chi connectivity index (χ4v) is 8.16. The molecule has 1 saturated carbocycles. The molecule has 0 aliphatic heterocycles. The summed E-state index contributed by atoms with van der Waals surface area (Å²) in [7, 11) is 0. The number of benzene rings is 6. The number of rotatable bonds is 5. The molecule has 6 aromatic carbocycles. The Balaban J connectivity index is 1.22. The van der Waals surface area contributed by atoms with Gasteiger partial charge in [0.1, 0.15) is 0 Å². The van der Waals surface area contributed by atoms with Crippen LogP contribution in [0.15, 0.2) is 152 Å². The topological polar surface area (TPSA) is 38.7 Å². The number of hydrogen-bond acceptors (Lipinski definition) is 3. The molecule has 3 nitrogen and oxygen atoms in total. The Morgan fingerprint density at radius 1 is 0.333 bits per heavy atom. The van der Waals surface area contributed by atoms with Crippen molar-refractivity contribution in [2.75, 3.05) is 0 Å². The summed E-state index contributed by atoms with van der Waals surface area (Å²) in [6, 6.07) is 53.9. The van der Waals surface area contributed by atoms with Gasteiger partial charge in [0.15, 0.2) is 17.5 Å². The Bertz CT molecular complexity index is 2250. The predicted octanol–water partition coefficient (Wildman–Crippen LogP) is 11.4. The van der Waals surface area contributed by atoms with E-state index in [2.05, 4.69) is 127 Å². The van der Waals surface area contributed by atoms with Gasteiger partial charge in [0.05, 0.1) is 0 Å². The Hall–Kier alpha value is -5.67. The number of aromatic nitrogens is 3. The van der Waals surface area contributed by atoms with Crippen LogP contribution in [-0.2, 0) is 5.41 Å². The zero-order valence-corrected chi connectivity index (χ0v) is 26.8. The van der Waals surface area contributed by atoms with Crippen LogP contribution in [0.3, 0.4) is 0 Å². The third-order valence-electron chi connectivity index (χ3n) is 10.4. The van der Waals surface area contributed by atoms with E-state index in [4.69, 9.17) is 15.0 Å². The highest BCUT2D eigenvalue weighted by Crippen LogP contribution is 2.58. The maximum absolute atomic E-state index is 5.20. The summed E-state index contributed by atoms with van der Waals surface area (Å²) in [5.74, 6) is 2.03. The molecule has 2 aliphatic carbocycles. The minimum absolute atomic E-state index is 0.0356. The van der Waals surface area contributed by atoms with E-state index in [1.165, 1.54) is 71.0 Å². The summed E-state index contributed by atoms with van der Waals surface area (Å²) in [5, 5.41) is 0. The normalized spacial score (nSPS) is 14.4. The molecule has 1 fully saturated rings. The lowest BCUT2D eigenvalue weighted by Gasteiger charge is -2.37. The van der Waals surface area contributed by atoms with Crippen molar-refractivity contribution in [3.8, 4) is 67.5 Å². The minimum atomic E-state index is 0.0356. The standard InChI is InChI=1S/C45H35N3/c1-4-15-31(16-5-1)32-25-27-34(28-26-32)43-46-42(33-17-6-2-7-18-33)47-44(48-43)39-21-9-8-19-35(39)37-22-14-23-38-36-20-10-11-24-40(36)45(41(37)38)29-12-3-13-30-45/h1-2,4-11,14-28H,3,12-13,29-30H2. The monoisotopic (exact) mass is 617 g/mol.